The van der Waals surface area contributed by atoms with Crippen molar-refractivity contribution < 1.29 is 13.6 Å². The summed E-state index contributed by atoms with van der Waals surface area (Å²) in [6, 6.07) is 16.2. The number of rotatable bonds is 6. The first-order valence-electron chi connectivity index (χ1n) is 10.2. The summed E-state index contributed by atoms with van der Waals surface area (Å²) in [5.74, 6) is 0.906. The van der Waals surface area contributed by atoms with E-state index in [1.54, 1.807) is 12.5 Å². The number of hydrogen-bond donors (Lipinski definition) is 1. The average molecular weight is 388 g/mol. The van der Waals surface area contributed by atoms with Crippen LogP contribution < -0.4 is 5.32 Å². The van der Waals surface area contributed by atoms with E-state index >= 15 is 0 Å². The lowest BCUT2D eigenvalue weighted by molar-refractivity contribution is -0.120. The second-order valence-electron chi connectivity index (χ2n) is 7.68. The maximum Gasteiger partial charge on any atom is 0.224 e. The maximum atomic E-state index is 12.8. The number of carbonyl (C=O) groups is 1. The van der Waals surface area contributed by atoms with E-state index in [-0.39, 0.29) is 11.9 Å². The summed E-state index contributed by atoms with van der Waals surface area (Å²) in [5.41, 5.74) is 1.74. The van der Waals surface area contributed by atoms with Gasteiger partial charge in [-0.2, -0.15) is 0 Å². The first-order chi connectivity index (χ1) is 14.3. The van der Waals surface area contributed by atoms with Gasteiger partial charge in [0, 0.05) is 17.5 Å². The Kier molecular flexibility index (Phi) is 4.82. The third-order valence-electron chi connectivity index (χ3n) is 5.84. The highest BCUT2D eigenvalue weighted by Gasteiger charge is 2.26. The Bertz CT molecular complexity index is 1120. The topological polar surface area (TPSA) is 58.6 Å². The van der Waals surface area contributed by atoms with Crippen LogP contribution in [0.1, 0.15) is 30.2 Å². The number of amides is 1. The first kappa shape index (κ1) is 18.0. The van der Waals surface area contributed by atoms with Crippen molar-refractivity contribution in [3.05, 3.63) is 72.4 Å². The summed E-state index contributed by atoms with van der Waals surface area (Å²) in [6.07, 6.45) is 6.09. The molecule has 5 heteroatoms. The summed E-state index contributed by atoms with van der Waals surface area (Å²) in [4.78, 5) is 15.2. The highest BCUT2D eigenvalue weighted by atomic mass is 16.3. The van der Waals surface area contributed by atoms with Crippen LogP contribution in [0.3, 0.4) is 0 Å². The molecule has 1 aliphatic rings. The van der Waals surface area contributed by atoms with Crippen LogP contribution in [0.5, 0.6) is 0 Å². The Labute approximate surface area is 169 Å². The molecule has 0 aliphatic carbocycles. The van der Waals surface area contributed by atoms with E-state index in [0.29, 0.717) is 13.0 Å². The molecule has 4 aromatic rings. The molecule has 1 atom stereocenters. The minimum Gasteiger partial charge on any atom is -0.468 e. The smallest absolute Gasteiger partial charge is 0.224 e. The van der Waals surface area contributed by atoms with Gasteiger partial charge in [0.2, 0.25) is 5.91 Å². The van der Waals surface area contributed by atoms with Crippen LogP contribution in [0.4, 0.5) is 0 Å². The number of fused-ring (bicyclic) bond motifs is 3. The molecule has 148 valence electrons. The standard InChI is InChI=1S/C24H24N2O3/c27-23(25-15-20(21-8-5-13-28-21)26-11-3-4-12-26)14-18-16-29-22-10-9-17-6-1-2-7-19(17)24(18)22/h1-2,5-10,13,16,20H,3-4,11-12,14-15H2,(H,25,27). The van der Waals surface area contributed by atoms with Gasteiger partial charge in [0.15, 0.2) is 0 Å². The van der Waals surface area contributed by atoms with Crippen LogP contribution in [0.15, 0.2) is 69.9 Å². The molecule has 1 amide bonds. The fourth-order valence-electron chi connectivity index (χ4n) is 4.39. The zero-order valence-electron chi connectivity index (χ0n) is 16.3. The van der Waals surface area contributed by atoms with Gasteiger partial charge in [0.1, 0.15) is 11.3 Å². The van der Waals surface area contributed by atoms with Gasteiger partial charge in [0.05, 0.1) is 25.0 Å². The molecule has 29 heavy (non-hydrogen) atoms. The summed E-state index contributed by atoms with van der Waals surface area (Å²) >= 11 is 0. The molecule has 2 aromatic heterocycles. The Morgan fingerprint density at radius 2 is 1.90 bits per heavy atom. The number of furan rings is 2. The van der Waals surface area contributed by atoms with Gasteiger partial charge in [-0.25, -0.2) is 0 Å². The Morgan fingerprint density at radius 1 is 1.03 bits per heavy atom. The average Bonchev–Trinajstić information content (AvgIpc) is 3.51. The Morgan fingerprint density at radius 3 is 2.72 bits per heavy atom. The third kappa shape index (κ3) is 3.54. The second kappa shape index (κ2) is 7.76. The van der Waals surface area contributed by atoms with Gasteiger partial charge >= 0.3 is 0 Å². The molecular weight excluding hydrogens is 364 g/mol. The molecule has 2 aromatic carbocycles. The molecule has 1 N–H and O–H groups in total. The summed E-state index contributed by atoms with van der Waals surface area (Å²) in [5, 5.41) is 6.41. The molecule has 0 radical (unpaired) electrons. The zero-order valence-corrected chi connectivity index (χ0v) is 16.3. The van der Waals surface area contributed by atoms with Crippen molar-refractivity contribution in [2.45, 2.75) is 25.3 Å². The lowest BCUT2D eigenvalue weighted by Crippen LogP contribution is -2.37. The van der Waals surface area contributed by atoms with Gasteiger partial charge in [0.25, 0.3) is 0 Å². The molecule has 1 fully saturated rings. The second-order valence-corrected chi connectivity index (χ2v) is 7.68. The molecule has 1 aliphatic heterocycles. The van der Waals surface area contributed by atoms with Crippen molar-refractivity contribution in [3.63, 3.8) is 0 Å². The zero-order chi connectivity index (χ0) is 19.6. The number of nitrogens with one attached hydrogen (secondary N) is 1. The first-order valence-corrected chi connectivity index (χ1v) is 10.2. The van der Waals surface area contributed by atoms with Gasteiger partial charge < -0.3 is 14.2 Å². The number of likely N-dealkylation sites (tertiary alicyclic amines) is 1. The molecular formula is C24H24N2O3. The van der Waals surface area contributed by atoms with E-state index < -0.39 is 0 Å². The van der Waals surface area contributed by atoms with Gasteiger partial charge in [-0.05, 0) is 54.9 Å². The van der Waals surface area contributed by atoms with Crippen molar-refractivity contribution >= 4 is 27.6 Å². The minimum absolute atomic E-state index is 0.00335. The van der Waals surface area contributed by atoms with Crippen LogP contribution in [0.2, 0.25) is 0 Å². The van der Waals surface area contributed by atoms with Gasteiger partial charge in [-0.1, -0.05) is 30.3 Å². The van der Waals surface area contributed by atoms with E-state index in [2.05, 4.69) is 28.4 Å². The molecule has 5 nitrogen and oxygen atoms in total. The van der Waals surface area contributed by atoms with E-state index in [4.69, 9.17) is 8.83 Å². The lowest BCUT2D eigenvalue weighted by atomic mass is 10.0. The third-order valence-corrected chi connectivity index (χ3v) is 5.84. The number of benzene rings is 2. The normalized spacial score (nSPS) is 15.9. The Hall–Kier alpha value is -3.05. The van der Waals surface area contributed by atoms with Crippen LogP contribution in [0, 0.1) is 0 Å². The van der Waals surface area contributed by atoms with E-state index in [0.717, 1.165) is 46.2 Å². The lowest BCUT2D eigenvalue weighted by Gasteiger charge is -2.26. The quantitative estimate of drug-likeness (QED) is 0.521. The molecule has 3 heterocycles. The van der Waals surface area contributed by atoms with E-state index in [1.165, 1.54) is 12.8 Å². The van der Waals surface area contributed by atoms with Gasteiger partial charge in [-0.3, -0.25) is 9.69 Å². The maximum absolute atomic E-state index is 12.8. The summed E-state index contributed by atoms with van der Waals surface area (Å²) in [6.45, 7) is 2.63. The van der Waals surface area contributed by atoms with Crippen molar-refractivity contribution in [1.29, 1.82) is 0 Å². The highest BCUT2D eigenvalue weighted by molar-refractivity contribution is 6.08. The minimum atomic E-state index is -0.00335. The highest BCUT2D eigenvalue weighted by Crippen LogP contribution is 2.30. The van der Waals surface area contributed by atoms with Crippen molar-refractivity contribution in [3.8, 4) is 0 Å². The molecule has 0 spiro atoms. The predicted molar refractivity (Wildman–Crippen MR) is 113 cm³/mol. The van der Waals surface area contributed by atoms with E-state index in [9.17, 15) is 4.79 Å². The number of carbonyl (C=O) groups excluding carboxylic acids is 1. The fourth-order valence-corrected chi connectivity index (χ4v) is 4.39. The van der Waals surface area contributed by atoms with Crippen LogP contribution >= 0.6 is 0 Å². The van der Waals surface area contributed by atoms with Crippen molar-refractivity contribution in [2.24, 2.45) is 0 Å². The molecule has 1 unspecified atom stereocenters. The SMILES string of the molecule is O=C(Cc1coc2ccc3ccccc3c12)NCC(c1ccco1)N1CCCC1. The van der Waals surface area contributed by atoms with Crippen LogP contribution in [0.25, 0.3) is 21.7 Å². The molecule has 0 saturated carbocycles. The summed E-state index contributed by atoms with van der Waals surface area (Å²) < 4.78 is 11.4. The number of nitrogens with zero attached hydrogens (tertiary/aromatic N) is 1. The van der Waals surface area contributed by atoms with Crippen molar-refractivity contribution in [2.75, 3.05) is 19.6 Å². The molecule has 5 rings (SSSR count). The monoisotopic (exact) mass is 388 g/mol. The Balaban J connectivity index is 1.33. The van der Waals surface area contributed by atoms with Gasteiger partial charge in [-0.15, -0.1) is 0 Å². The molecule has 1 saturated heterocycles. The predicted octanol–water partition coefficient (Wildman–Crippen LogP) is 4.67. The number of hydrogen-bond acceptors (Lipinski definition) is 4. The largest absolute Gasteiger partial charge is 0.468 e. The van der Waals surface area contributed by atoms with Crippen molar-refractivity contribution in [1.82, 2.24) is 10.2 Å². The fraction of sp³-hybridized carbons (Fsp3) is 0.292. The van der Waals surface area contributed by atoms with Crippen LogP contribution in [-0.4, -0.2) is 30.4 Å². The molecule has 0 bridgehead atoms. The van der Waals surface area contributed by atoms with E-state index in [1.807, 2.05) is 30.3 Å². The summed E-state index contributed by atoms with van der Waals surface area (Å²) in [7, 11) is 0. The van der Waals surface area contributed by atoms with Crippen LogP contribution in [-0.2, 0) is 11.2 Å².